The lowest BCUT2D eigenvalue weighted by Crippen LogP contribution is -2.40. The van der Waals surface area contributed by atoms with E-state index in [1.54, 1.807) is 12.1 Å². The summed E-state index contributed by atoms with van der Waals surface area (Å²) in [5.41, 5.74) is 1.17. The Hall–Kier alpha value is -2.77. The molecule has 38 heavy (non-hydrogen) atoms. The molecule has 1 aliphatic rings. The largest absolute Gasteiger partial charge is 0.379 e. The molecule has 0 spiro atoms. The summed E-state index contributed by atoms with van der Waals surface area (Å²) in [5, 5.41) is 12.5. The number of sulfonamides is 1. The van der Waals surface area contributed by atoms with Gasteiger partial charge in [-0.1, -0.05) is 41.6 Å². The van der Waals surface area contributed by atoms with E-state index in [1.807, 2.05) is 16.7 Å². The maximum Gasteiger partial charge on any atom is 0.243 e. The molecule has 13 heteroatoms. The fourth-order valence-electron chi connectivity index (χ4n) is 3.90. The number of carbonyl (C=O) groups is 2. The predicted octanol–water partition coefficient (Wildman–Crippen LogP) is 2.99. The van der Waals surface area contributed by atoms with Crippen molar-refractivity contribution in [2.75, 3.05) is 38.6 Å². The third-order valence-corrected chi connectivity index (χ3v) is 8.91. The molecule has 1 saturated heterocycles. The van der Waals surface area contributed by atoms with Crippen LogP contribution in [-0.4, -0.2) is 77.8 Å². The van der Waals surface area contributed by atoms with E-state index in [9.17, 15) is 18.0 Å². The number of nitrogens with zero attached hydrogens (tertiary/aromatic N) is 4. The lowest BCUT2D eigenvalue weighted by molar-refractivity contribution is -0.118. The number of amides is 1. The molecule has 1 amide bonds. The van der Waals surface area contributed by atoms with Gasteiger partial charge < -0.3 is 10.1 Å². The summed E-state index contributed by atoms with van der Waals surface area (Å²) in [6, 6.07) is 13.3. The lowest BCUT2D eigenvalue weighted by Gasteiger charge is -2.26. The summed E-state index contributed by atoms with van der Waals surface area (Å²) in [4.78, 5) is 24.3. The highest BCUT2D eigenvalue weighted by atomic mass is 35.5. The minimum absolute atomic E-state index is 0.0835. The van der Waals surface area contributed by atoms with Crippen molar-refractivity contribution in [2.45, 2.75) is 29.8 Å². The van der Waals surface area contributed by atoms with E-state index < -0.39 is 10.0 Å². The van der Waals surface area contributed by atoms with E-state index in [0.717, 1.165) is 5.69 Å². The molecule has 0 atom stereocenters. The second-order valence-electron chi connectivity index (χ2n) is 8.55. The van der Waals surface area contributed by atoms with Crippen molar-refractivity contribution in [3.63, 3.8) is 0 Å². The van der Waals surface area contributed by atoms with Gasteiger partial charge in [-0.25, -0.2) is 8.42 Å². The van der Waals surface area contributed by atoms with Gasteiger partial charge in [-0.3, -0.25) is 14.2 Å². The molecule has 1 aliphatic heterocycles. The molecule has 10 nitrogen and oxygen atoms in total. The minimum atomic E-state index is -3.63. The molecule has 4 rings (SSSR count). The number of aromatic nitrogens is 3. The Morgan fingerprint density at radius 2 is 1.84 bits per heavy atom. The van der Waals surface area contributed by atoms with Gasteiger partial charge in [0, 0.05) is 43.6 Å². The molecule has 2 aromatic carbocycles. The van der Waals surface area contributed by atoms with Crippen molar-refractivity contribution in [3.8, 4) is 5.69 Å². The summed E-state index contributed by atoms with van der Waals surface area (Å²) in [6.07, 6.45) is 1.23. The Morgan fingerprint density at radius 1 is 1.11 bits per heavy atom. The Morgan fingerprint density at radius 3 is 2.53 bits per heavy atom. The summed E-state index contributed by atoms with van der Waals surface area (Å²) in [5.74, 6) is 0.506. The highest BCUT2D eigenvalue weighted by Gasteiger charge is 2.26. The second-order valence-corrected chi connectivity index (χ2v) is 11.9. The van der Waals surface area contributed by atoms with Gasteiger partial charge in [0.1, 0.15) is 5.82 Å². The molecule has 0 unspecified atom stereocenters. The van der Waals surface area contributed by atoms with Crippen LogP contribution in [0.2, 0.25) is 5.02 Å². The Labute approximate surface area is 230 Å². The zero-order valence-electron chi connectivity index (χ0n) is 20.8. The standard InChI is InChI=1S/C25H28ClN5O5S2/c1-18(32)27-11-3-6-24-28-29-25(31(24)21-5-2-4-20(26)16-21)37-17-23(33)19-7-9-22(10-8-19)38(34,35)30-12-14-36-15-13-30/h2,4-5,7-10,16H,3,6,11-15,17H2,1H3,(H,27,32). The van der Waals surface area contributed by atoms with Crippen molar-refractivity contribution in [1.82, 2.24) is 24.4 Å². The number of hydrogen-bond acceptors (Lipinski definition) is 8. The number of ketones is 1. The number of aryl methyl sites for hydroxylation is 1. The van der Waals surface area contributed by atoms with Gasteiger partial charge in [-0.2, -0.15) is 4.31 Å². The summed E-state index contributed by atoms with van der Waals surface area (Å²) < 4.78 is 34.2. The number of halogens is 1. The van der Waals surface area contributed by atoms with Crippen molar-refractivity contribution < 1.29 is 22.7 Å². The minimum Gasteiger partial charge on any atom is -0.379 e. The smallest absolute Gasteiger partial charge is 0.243 e. The molecule has 1 N–H and O–H groups in total. The van der Waals surface area contributed by atoms with Crippen LogP contribution in [0.25, 0.3) is 5.69 Å². The average Bonchev–Trinajstić information content (AvgIpc) is 3.33. The van der Waals surface area contributed by atoms with Crippen LogP contribution in [0.4, 0.5) is 0 Å². The van der Waals surface area contributed by atoms with Crippen LogP contribution < -0.4 is 5.32 Å². The van der Waals surface area contributed by atoms with Gasteiger partial charge >= 0.3 is 0 Å². The van der Waals surface area contributed by atoms with Gasteiger partial charge in [0.25, 0.3) is 0 Å². The van der Waals surface area contributed by atoms with Gasteiger partial charge in [-0.05, 0) is 36.8 Å². The highest BCUT2D eigenvalue weighted by Crippen LogP contribution is 2.26. The fraction of sp³-hybridized carbons (Fsp3) is 0.360. The van der Waals surface area contributed by atoms with E-state index in [1.165, 1.54) is 47.3 Å². The molecular formula is C25H28ClN5O5S2. The Bertz CT molecular complexity index is 1390. The first kappa shape index (κ1) is 28.2. The lowest BCUT2D eigenvalue weighted by atomic mass is 10.1. The SMILES string of the molecule is CC(=O)NCCCc1nnc(SCC(=O)c2ccc(S(=O)(=O)N3CCOCC3)cc2)n1-c1cccc(Cl)c1. The Kier molecular flexibility index (Phi) is 9.55. The number of rotatable bonds is 11. The summed E-state index contributed by atoms with van der Waals surface area (Å²) in [7, 11) is -3.63. The van der Waals surface area contributed by atoms with Crippen LogP contribution >= 0.6 is 23.4 Å². The maximum atomic E-state index is 12.9. The third-order valence-electron chi connectivity index (χ3n) is 5.83. The zero-order chi connectivity index (χ0) is 27.1. The van der Waals surface area contributed by atoms with E-state index >= 15 is 0 Å². The van der Waals surface area contributed by atoms with Crippen molar-refractivity contribution in [3.05, 3.63) is 64.9 Å². The molecule has 0 radical (unpaired) electrons. The van der Waals surface area contributed by atoms with Crippen LogP contribution in [0.5, 0.6) is 0 Å². The first-order valence-corrected chi connectivity index (χ1v) is 14.8. The van der Waals surface area contributed by atoms with Crippen molar-refractivity contribution in [2.24, 2.45) is 0 Å². The molecule has 202 valence electrons. The maximum absolute atomic E-state index is 12.9. The third kappa shape index (κ3) is 7.00. The topological polar surface area (TPSA) is 123 Å². The molecule has 0 saturated carbocycles. The quantitative estimate of drug-likeness (QED) is 0.210. The molecular weight excluding hydrogens is 550 g/mol. The number of hydrogen-bond donors (Lipinski definition) is 1. The van der Waals surface area contributed by atoms with Gasteiger partial charge in [-0.15, -0.1) is 10.2 Å². The Balaban J connectivity index is 1.46. The molecule has 3 aromatic rings. The van der Waals surface area contributed by atoms with Crippen molar-refractivity contribution >= 4 is 45.1 Å². The predicted molar refractivity (Wildman–Crippen MR) is 144 cm³/mol. The van der Waals surface area contributed by atoms with E-state index in [2.05, 4.69) is 15.5 Å². The van der Waals surface area contributed by atoms with Crippen molar-refractivity contribution in [1.29, 1.82) is 0 Å². The molecule has 1 fully saturated rings. The average molecular weight is 578 g/mol. The molecule has 2 heterocycles. The normalized spacial score (nSPS) is 14.4. The zero-order valence-corrected chi connectivity index (χ0v) is 23.2. The number of ether oxygens (including phenoxy) is 1. The van der Waals surface area contributed by atoms with Gasteiger partial charge in [0.2, 0.25) is 15.9 Å². The monoisotopic (exact) mass is 577 g/mol. The summed E-state index contributed by atoms with van der Waals surface area (Å²) >= 11 is 7.45. The first-order valence-electron chi connectivity index (χ1n) is 12.0. The number of carbonyl (C=O) groups excluding carboxylic acids is 2. The van der Waals surface area contributed by atoms with Gasteiger partial charge in [0.15, 0.2) is 10.9 Å². The highest BCUT2D eigenvalue weighted by molar-refractivity contribution is 7.99. The molecule has 1 aromatic heterocycles. The number of thioether (sulfide) groups is 1. The van der Waals surface area contributed by atoms with Crippen LogP contribution in [0.1, 0.15) is 29.5 Å². The second kappa shape index (κ2) is 12.9. The number of morpholine rings is 1. The number of Topliss-reactive ketones (excluding diaryl/α,β-unsaturated/α-hetero) is 1. The number of benzene rings is 2. The number of nitrogens with one attached hydrogen (secondary N) is 1. The fourth-order valence-corrected chi connectivity index (χ4v) is 6.36. The van der Waals surface area contributed by atoms with Gasteiger partial charge in [0.05, 0.1) is 29.5 Å². The molecule has 0 bridgehead atoms. The van der Waals surface area contributed by atoms with E-state index in [4.69, 9.17) is 16.3 Å². The van der Waals surface area contributed by atoms with E-state index in [0.29, 0.717) is 67.3 Å². The molecule has 0 aliphatic carbocycles. The van der Waals surface area contributed by atoms with Crippen LogP contribution in [0, 0.1) is 0 Å². The van der Waals surface area contributed by atoms with Crippen LogP contribution in [-0.2, 0) is 26.0 Å². The summed E-state index contributed by atoms with van der Waals surface area (Å²) in [6.45, 7) is 3.32. The van der Waals surface area contributed by atoms with Crippen LogP contribution in [0.3, 0.4) is 0 Å². The van der Waals surface area contributed by atoms with Crippen LogP contribution in [0.15, 0.2) is 58.6 Å². The first-order chi connectivity index (χ1) is 18.3. The van der Waals surface area contributed by atoms with E-state index in [-0.39, 0.29) is 22.3 Å².